The number of rotatable bonds is 5. The van der Waals surface area contributed by atoms with Crippen LogP contribution in [-0.2, 0) is 0 Å². The van der Waals surface area contributed by atoms with Crippen LogP contribution in [0.5, 0.6) is 0 Å². The fraction of sp³-hybridized carbons (Fsp3) is 0.200. The highest BCUT2D eigenvalue weighted by atomic mass is 32.2. The number of thioether (sulfide) groups is 2. The summed E-state index contributed by atoms with van der Waals surface area (Å²) in [5.41, 5.74) is 0. The molecule has 0 fully saturated rings. The Labute approximate surface area is 91.1 Å². The number of hydrogen-bond acceptors (Lipinski definition) is 4. The molecule has 2 aromatic rings. The van der Waals surface area contributed by atoms with Gasteiger partial charge in [-0.15, -0.1) is 0 Å². The zero-order chi connectivity index (χ0) is 9.64. The van der Waals surface area contributed by atoms with Crippen molar-refractivity contribution in [2.75, 3.05) is 11.5 Å². The molecule has 2 heterocycles. The van der Waals surface area contributed by atoms with E-state index in [-0.39, 0.29) is 0 Å². The third-order valence-corrected chi connectivity index (χ3v) is 3.67. The standard InChI is InChI=1S/C10H10O2S2/c1-3-9(11-5-1)13-7-8-14-10-4-2-6-12-10/h1-6H,7-8H2. The monoisotopic (exact) mass is 226 g/mol. The van der Waals surface area contributed by atoms with Crippen LogP contribution in [0.3, 0.4) is 0 Å². The molecule has 2 rings (SSSR count). The van der Waals surface area contributed by atoms with Crippen molar-refractivity contribution in [3.8, 4) is 0 Å². The van der Waals surface area contributed by atoms with Gasteiger partial charge in [0.2, 0.25) is 0 Å². The zero-order valence-corrected chi connectivity index (χ0v) is 9.14. The molecule has 0 radical (unpaired) electrons. The summed E-state index contributed by atoms with van der Waals surface area (Å²) in [4.78, 5) is 0. The van der Waals surface area contributed by atoms with E-state index in [2.05, 4.69) is 0 Å². The van der Waals surface area contributed by atoms with E-state index in [1.54, 1.807) is 36.1 Å². The van der Waals surface area contributed by atoms with Crippen LogP contribution in [-0.4, -0.2) is 11.5 Å². The van der Waals surface area contributed by atoms with Crippen LogP contribution < -0.4 is 0 Å². The fourth-order valence-corrected chi connectivity index (χ4v) is 2.64. The minimum absolute atomic E-state index is 0.977. The Balaban J connectivity index is 1.65. The first-order valence-corrected chi connectivity index (χ1v) is 6.25. The van der Waals surface area contributed by atoms with Gasteiger partial charge < -0.3 is 8.83 Å². The second-order valence-electron chi connectivity index (χ2n) is 2.56. The summed E-state index contributed by atoms with van der Waals surface area (Å²) in [5, 5.41) is 1.95. The molecule has 0 bridgehead atoms. The van der Waals surface area contributed by atoms with E-state index >= 15 is 0 Å². The molecule has 2 aromatic heterocycles. The zero-order valence-electron chi connectivity index (χ0n) is 7.51. The van der Waals surface area contributed by atoms with Gasteiger partial charge in [-0.1, -0.05) is 23.5 Å². The molecule has 2 nitrogen and oxygen atoms in total. The average Bonchev–Trinajstić information content (AvgIpc) is 2.86. The quantitative estimate of drug-likeness (QED) is 0.573. The van der Waals surface area contributed by atoms with Crippen LogP contribution in [0, 0.1) is 0 Å². The van der Waals surface area contributed by atoms with Crippen LogP contribution in [0.1, 0.15) is 0 Å². The minimum Gasteiger partial charge on any atom is -0.458 e. The predicted molar refractivity (Wildman–Crippen MR) is 58.9 cm³/mol. The van der Waals surface area contributed by atoms with E-state index in [1.165, 1.54) is 0 Å². The van der Waals surface area contributed by atoms with Crippen LogP contribution in [0.4, 0.5) is 0 Å². The Hall–Kier alpha value is -0.740. The summed E-state index contributed by atoms with van der Waals surface area (Å²) in [5.74, 6) is 2.05. The van der Waals surface area contributed by atoms with E-state index in [0.717, 1.165) is 21.7 Å². The minimum atomic E-state index is 0.977. The van der Waals surface area contributed by atoms with Gasteiger partial charge in [-0.05, 0) is 24.3 Å². The highest BCUT2D eigenvalue weighted by Crippen LogP contribution is 2.23. The predicted octanol–water partition coefficient (Wildman–Crippen LogP) is 3.76. The number of furan rings is 2. The van der Waals surface area contributed by atoms with E-state index in [4.69, 9.17) is 8.83 Å². The number of hydrogen-bond donors (Lipinski definition) is 0. The molecule has 4 heteroatoms. The molecule has 0 aliphatic heterocycles. The Morgan fingerprint density at radius 3 is 1.71 bits per heavy atom. The maximum absolute atomic E-state index is 5.20. The molecule has 0 aliphatic rings. The molecule has 0 amide bonds. The lowest BCUT2D eigenvalue weighted by Crippen LogP contribution is -1.81. The topological polar surface area (TPSA) is 26.3 Å². The molecule has 0 spiro atoms. The van der Waals surface area contributed by atoms with Crippen LogP contribution >= 0.6 is 23.5 Å². The van der Waals surface area contributed by atoms with E-state index in [9.17, 15) is 0 Å². The van der Waals surface area contributed by atoms with Gasteiger partial charge in [0.05, 0.1) is 12.5 Å². The molecule has 14 heavy (non-hydrogen) atoms. The second kappa shape index (κ2) is 5.22. The summed E-state index contributed by atoms with van der Waals surface area (Å²) in [6.45, 7) is 0. The lowest BCUT2D eigenvalue weighted by Gasteiger charge is -1.96. The lowest BCUT2D eigenvalue weighted by molar-refractivity contribution is 0.473. The maximum atomic E-state index is 5.20. The summed E-state index contributed by atoms with van der Waals surface area (Å²) >= 11 is 3.44. The van der Waals surface area contributed by atoms with Crippen LogP contribution in [0.15, 0.2) is 55.8 Å². The van der Waals surface area contributed by atoms with Crippen molar-refractivity contribution >= 4 is 23.5 Å². The third kappa shape index (κ3) is 2.89. The van der Waals surface area contributed by atoms with Gasteiger partial charge >= 0.3 is 0 Å². The van der Waals surface area contributed by atoms with Gasteiger partial charge in [0.25, 0.3) is 0 Å². The van der Waals surface area contributed by atoms with Gasteiger partial charge in [0.1, 0.15) is 0 Å². The Morgan fingerprint density at radius 1 is 0.857 bits per heavy atom. The molecule has 0 N–H and O–H groups in total. The van der Waals surface area contributed by atoms with Crippen molar-refractivity contribution < 1.29 is 8.83 Å². The van der Waals surface area contributed by atoms with Crippen molar-refractivity contribution in [3.05, 3.63) is 36.8 Å². The molecule has 0 aliphatic carbocycles. The molecular weight excluding hydrogens is 216 g/mol. The van der Waals surface area contributed by atoms with E-state index in [0.29, 0.717) is 0 Å². The van der Waals surface area contributed by atoms with Crippen LogP contribution in [0.2, 0.25) is 0 Å². The molecule has 74 valence electrons. The normalized spacial score (nSPS) is 10.6. The first-order valence-electron chi connectivity index (χ1n) is 4.28. The fourth-order valence-electron chi connectivity index (χ4n) is 0.976. The van der Waals surface area contributed by atoms with Gasteiger partial charge in [-0.2, -0.15) is 0 Å². The highest BCUT2D eigenvalue weighted by molar-refractivity contribution is 8.02. The summed E-state index contributed by atoms with van der Waals surface area (Å²) in [6, 6.07) is 7.76. The summed E-state index contributed by atoms with van der Waals surface area (Å²) in [7, 11) is 0. The van der Waals surface area contributed by atoms with Crippen molar-refractivity contribution in [1.82, 2.24) is 0 Å². The highest BCUT2D eigenvalue weighted by Gasteiger charge is 1.98. The Kier molecular flexibility index (Phi) is 3.65. The van der Waals surface area contributed by atoms with Crippen molar-refractivity contribution in [1.29, 1.82) is 0 Å². The van der Waals surface area contributed by atoms with E-state index < -0.39 is 0 Å². The van der Waals surface area contributed by atoms with E-state index in [1.807, 2.05) is 24.3 Å². The van der Waals surface area contributed by atoms with Crippen LogP contribution in [0.25, 0.3) is 0 Å². The van der Waals surface area contributed by atoms with Crippen molar-refractivity contribution in [2.24, 2.45) is 0 Å². The molecule has 0 saturated heterocycles. The van der Waals surface area contributed by atoms with Gasteiger partial charge in [-0.25, -0.2) is 0 Å². The molecule has 0 unspecified atom stereocenters. The molecular formula is C10H10O2S2. The molecule has 0 atom stereocenters. The summed E-state index contributed by atoms with van der Waals surface area (Å²) < 4.78 is 10.4. The first-order chi connectivity index (χ1) is 6.95. The van der Waals surface area contributed by atoms with Gasteiger partial charge in [-0.3, -0.25) is 0 Å². The first kappa shape index (κ1) is 9.80. The maximum Gasteiger partial charge on any atom is 0.160 e. The van der Waals surface area contributed by atoms with Gasteiger partial charge in [0.15, 0.2) is 10.2 Å². The Morgan fingerprint density at radius 2 is 1.36 bits per heavy atom. The lowest BCUT2D eigenvalue weighted by atomic mass is 10.7. The Bertz CT molecular complexity index is 304. The van der Waals surface area contributed by atoms with Gasteiger partial charge in [0, 0.05) is 11.5 Å². The SMILES string of the molecule is c1coc(SCCSc2ccco2)c1. The van der Waals surface area contributed by atoms with Crippen molar-refractivity contribution in [2.45, 2.75) is 10.2 Å². The largest absolute Gasteiger partial charge is 0.458 e. The van der Waals surface area contributed by atoms with Crippen molar-refractivity contribution in [3.63, 3.8) is 0 Å². The smallest absolute Gasteiger partial charge is 0.160 e. The molecule has 0 saturated carbocycles. The average molecular weight is 226 g/mol. The molecule has 0 aromatic carbocycles. The second-order valence-corrected chi connectivity index (χ2v) is 4.76. The summed E-state index contributed by atoms with van der Waals surface area (Å²) in [6.07, 6.45) is 3.39. The third-order valence-electron chi connectivity index (χ3n) is 1.56.